The normalized spacial score (nSPS) is 15.6. The number of hydrogen-bond acceptors (Lipinski definition) is 6. The number of likely N-dealkylation sites (N-methyl/N-ethyl adjacent to an activating group) is 1. The smallest absolute Gasteiger partial charge is 0.289 e. The number of sulfone groups is 1. The highest BCUT2D eigenvalue weighted by molar-refractivity contribution is 7.90. The molecule has 0 saturated carbocycles. The summed E-state index contributed by atoms with van der Waals surface area (Å²) in [6.45, 7) is 2.58. The van der Waals surface area contributed by atoms with E-state index >= 15 is 0 Å². The van der Waals surface area contributed by atoms with Crippen LogP contribution in [0.25, 0.3) is 0 Å². The molecule has 8 nitrogen and oxygen atoms in total. The quantitative estimate of drug-likeness (QED) is 0.686. The molecule has 2 aromatic rings. The maximum absolute atomic E-state index is 13.0. The van der Waals surface area contributed by atoms with E-state index in [2.05, 4.69) is 0 Å². The Morgan fingerprint density at radius 1 is 1.03 bits per heavy atom. The van der Waals surface area contributed by atoms with Crippen LogP contribution in [0.3, 0.4) is 0 Å². The van der Waals surface area contributed by atoms with Crippen LogP contribution < -0.4 is 0 Å². The summed E-state index contributed by atoms with van der Waals surface area (Å²) in [4.78, 5) is 30.4. The number of furan rings is 1. The Morgan fingerprint density at radius 3 is 2.47 bits per heavy atom. The molecule has 0 radical (unpaired) electrons. The van der Waals surface area contributed by atoms with Crippen molar-refractivity contribution in [1.82, 2.24) is 14.7 Å². The first-order chi connectivity index (χ1) is 14.3. The van der Waals surface area contributed by atoms with E-state index < -0.39 is 9.84 Å². The first-order valence-electron chi connectivity index (χ1n) is 9.84. The van der Waals surface area contributed by atoms with Gasteiger partial charge in [-0.3, -0.25) is 14.5 Å². The van der Waals surface area contributed by atoms with Gasteiger partial charge in [-0.1, -0.05) is 18.2 Å². The number of benzene rings is 1. The molecule has 0 bridgehead atoms. The molecule has 0 N–H and O–H groups in total. The van der Waals surface area contributed by atoms with Gasteiger partial charge in [0.25, 0.3) is 5.91 Å². The van der Waals surface area contributed by atoms with Crippen LogP contribution in [0, 0.1) is 0 Å². The summed E-state index contributed by atoms with van der Waals surface area (Å²) in [5, 5.41) is 0. The Bertz CT molecular complexity index is 985. The van der Waals surface area contributed by atoms with Gasteiger partial charge in [-0.05, 0) is 24.6 Å². The van der Waals surface area contributed by atoms with Crippen LogP contribution in [0.2, 0.25) is 0 Å². The van der Waals surface area contributed by atoms with Gasteiger partial charge in [0.1, 0.15) is 0 Å². The molecule has 0 unspecified atom stereocenters. The number of hydrogen-bond donors (Lipinski definition) is 0. The van der Waals surface area contributed by atoms with Gasteiger partial charge < -0.3 is 14.2 Å². The Labute approximate surface area is 177 Å². The summed E-state index contributed by atoms with van der Waals surface area (Å²) < 4.78 is 30.8. The number of rotatable bonds is 6. The van der Waals surface area contributed by atoms with E-state index in [0.29, 0.717) is 31.7 Å². The van der Waals surface area contributed by atoms with Crippen molar-refractivity contribution in [2.45, 2.75) is 17.1 Å². The number of carbonyl (C=O) groups excluding carboxylic acids is 2. The molecule has 1 fully saturated rings. The average Bonchev–Trinajstić information content (AvgIpc) is 3.04. The Balaban J connectivity index is 1.68. The lowest BCUT2D eigenvalue weighted by Gasteiger charge is -2.22. The van der Waals surface area contributed by atoms with E-state index in [1.54, 1.807) is 42.1 Å². The van der Waals surface area contributed by atoms with Gasteiger partial charge >= 0.3 is 0 Å². The third-order valence-corrected chi connectivity index (χ3v) is 6.80. The van der Waals surface area contributed by atoms with E-state index in [4.69, 9.17) is 4.42 Å². The second-order valence-corrected chi connectivity index (χ2v) is 9.55. The molecule has 162 valence electrons. The van der Waals surface area contributed by atoms with Crippen molar-refractivity contribution in [2.75, 3.05) is 46.8 Å². The number of carbonyl (C=O) groups is 2. The van der Waals surface area contributed by atoms with E-state index in [0.717, 1.165) is 13.0 Å². The molecule has 1 saturated heterocycles. The predicted molar refractivity (Wildman–Crippen MR) is 112 cm³/mol. The highest BCUT2D eigenvalue weighted by Gasteiger charge is 2.27. The highest BCUT2D eigenvalue weighted by Crippen LogP contribution is 2.21. The van der Waals surface area contributed by atoms with Crippen LogP contribution in [0.5, 0.6) is 0 Å². The van der Waals surface area contributed by atoms with E-state index in [9.17, 15) is 18.0 Å². The maximum atomic E-state index is 13.0. The van der Waals surface area contributed by atoms with Gasteiger partial charge in [0.15, 0.2) is 15.6 Å². The third kappa shape index (κ3) is 5.28. The van der Waals surface area contributed by atoms with Crippen LogP contribution in [-0.2, 0) is 20.4 Å². The lowest BCUT2D eigenvalue weighted by molar-refractivity contribution is -0.129. The van der Waals surface area contributed by atoms with Crippen LogP contribution in [0.15, 0.2) is 52.0 Å². The zero-order valence-electron chi connectivity index (χ0n) is 17.3. The first kappa shape index (κ1) is 22.0. The fourth-order valence-corrected chi connectivity index (χ4v) is 4.74. The second-order valence-electron chi connectivity index (χ2n) is 7.56. The fourth-order valence-electron chi connectivity index (χ4n) is 3.36. The standard InChI is InChI=1S/C21H27N3O5S/c1-22(2)19(25)15-23-10-6-11-24(13-12-23)21(26)20-17(9-14-29-20)16-30(27,28)18-7-4-3-5-8-18/h3-5,7-9,14H,6,10-13,15-16H2,1-2H3. The van der Waals surface area contributed by atoms with Crippen LogP contribution >= 0.6 is 0 Å². The van der Waals surface area contributed by atoms with Crippen LogP contribution in [0.1, 0.15) is 22.5 Å². The topological polar surface area (TPSA) is 91.1 Å². The van der Waals surface area contributed by atoms with Crippen molar-refractivity contribution >= 4 is 21.7 Å². The molecule has 2 amide bonds. The lowest BCUT2D eigenvalue weighted by Crippen LogP contribution is -2.39. The zero-order valence-corrected chi connectivity index (χ0v) is 18.1. The molecule has 0 atom stereocenters. The van der Waals surface area contributed by atoms with Crippen LogP contribution in [-0.4, -0.2) is 81.8 Å². The predicted octanol–water partition coefficient (Wildman–Crippen LogP) is 1.49. The minimum atomic E-state index is -3.59. The maximum Gasteiger partial charge on any atom is 0.289 e. The Kier molecular flexibility index (Phi) is 6.94. The molecule has 30 heavy (non-hydrogen) atoms. The SMILES string of the molecule is CN(C)C(=O)CN1CCCN(C(=O)c2occc2CS(=O)(=O)c2ccccc2)CC1. The third-order valence-electron chi connectivity index (χ3n) is 5.12. The molecule has 1 aliphatic rings. The van der Waals surface area contributed by atoms with Crippen molar-refractivity contribution in [3.05, 3.63) is 54.0 Å². The van der Waals surface area contributed by atoms with Crippen molar-refractivity contribution in [2.24, 2.45) is 0 Å². The molecule has 9 heteroatoms. The van der Waals surface area contributed by atoms with Crippen LogP contribution in [0.4, 0.5) is 0 Å². The molecule has 0 spiro atoms. The minimum Gasteiger partial charge on any atom is -0.459 e. The van der Waals surface area contributed by atoms with Gasteiger partial charge in [0.05, 0.1) is 23.5 Å². The zero-order chi connectivity index (χ0) is 21.7. The fraction of sp³-hybridized carbons (Fsp3) is 0.429. The van der Waals surface area contributed by atoms with Gasteiger partial charge in [0, 0.05) is 45.8 Å². The Hall–Kier alpha value is -2.65. The van der Waals surface area contributed by atoms with Gasteiger partial charge in [-0.2, -0.15) is 0 Å². The van der Waals surface area contributed by atoms with Gasteiger partial charge in [-0.15, -0.1) is 0 Å². The lowest BCUT2D eigenvalue weighted by atomic mass is 10.2. The van der Waals surface area contributed by atoms with E-state index in [1.807, 2.05) is 4.90 Å². The summed E-state index contributed by atoms with van der Waals surface area (Å²) in [6.07, 6.45) is 2.08. The largest absolute Gasteiger partial charge is 0.459 e. The minimum absolute atomic E-state index is 0.0224. The molecular formula is C21H27N3O5S. The first-order valence-corrected chi connectivity index (χ1v) is 11.5. The summed E-state index contributed by atoms with van der Waals surface area (Å²) in [7, 11) is -0.148. The van der Waals surface area contributed by atoms with Crippen molar-refractivity contribution < 1.29 is 22.4 Å². The molecule has 0 aliphatic carbocycles. The van der Waals surface area contributed by atoms with E-state index in [1.165, 1.54) is 24.5 Å². The van der Waals surface area contributed by atoms with E-state index in [-0.39, 0.29) is 28.2 Å². The molecule has 3 rings (SSSR count). The molecular weight excluding hydrogens is 406 g/mol. The summed E-state index contributed by atoms with van der Waals surface area (Å²) in [5.74, 6) is -0.535. The molecule has 1 aliphatic heterocycles. The van der Waals surface area contributed by atoms with Crippen molar-refractivity contribution in [3.8, 4) is 0 Å². The van der Waals surface area contributed by atoms with Gasteiger partial charge in [-0.25, -0.2) is 8.42 Å². The van der Waals surface area contributed by atoms with Crippen molar-refractivity contribution in [3.63, 3.8) is 0 Å². The summed E-state index contributed by atoms with van der Waals surface area (Å²) in [6, 6.07) is 9.69. The Morgan fingerprint density at radius 2 is 1.77 bits per heavy atom. The highest BCUT2D eigenvalue weighted by atomic mass is 32.2. The summed E-state index contributed by atoms with van der Waals surface area (Å²) >= 11 is 0. The van der Waals surface area contributed by atoms with Gasteiger partial charge in [0.2, 0.25) is 5.91 Å². The number of amides is 2. The summed E-state index contributed by atoms with van der Waals surface area (Å²) in [5.41, 5.74) is 0.354. The molecule has 2 heterocycles. The van der Waals surface area contributed by atoms with Crippen molar-refractivity contribution in [1.29, 1.82) is 0 Å². The second kappa shape index (κ2) is 9.44. The molecule has 1 aromatic carbocycles. The number of nitrogens with zero attached hydrogens (tertiary/aromatic N) is 3. The molecule has 1 aromatic heterocycles. The monoisotopic (exact) mass is 433 g/mol. The average molecular weight is 434 g/mol.